The Hall–Kier alpha value is -0.860. The van der Waals surface area contributed by atoms with Gasteiger partial charge in [-0.3, -0.25) is 4.90 Å². The van der Waals surface area contributed by atoms with Gasteiger partial charge in [0.2, 0.25) is 0 Å². The van der Waals surface area contributed by atoms with Gasteiger partial charge in [-0.05, 0) is 49.3 Å². The lowest BCUT2D eigenvalue weighted by molar-refractivity contribution is 0.0595. The van der Waals surface area contributed by atoms with Crippen molar-refractivity contribution in [2.45, 2.75) is 32.2 Å². The van der Waals surface area contributed by atoms with E-state index in [1.54, 1.807) is 5.56 Å². The van der Waals surface area contributed by atoms with E-state index in [0.717, 1.165) is 25.7 Å². The maximum Gasteiger partial charge on any atom is 0.0468 e. The van der Waals surface area contributed by atoms with Gasteiger partial charge in [-0.15, -0.1) is 0 Å². The number of rotatable bonds is 3. The van der Waals surface area contributed by atoms with Crippen molar-refractivity contribution in [1.82, 2.24) is 4.90 Å². The summed E-state index contributed by atoms with van der Waals surface area (Å²) in [5, 5.41) is 0. The van der Waals surface area contributed by atoms with Gasteiger partial charge in [0.15, 0.2) is 0 Å². The van der Waals surface area contributed by atoms with Gasteiger partial charge in [0.1, 0.15) is 0 Å². The molecule has 2 aliphatic rings. The second-order valence-electron chi connectivity index (χ2n) is 5.64. The van der Waals surface area contributed by atoms with Crippen molar-refractivity contribution in [2.24, 2.45) is 5.92 Å². The highest BCUT2D eigenvalue weighted by Crippen LogP contribution is 2.22. The van der Waals surface area contributed by atoms with Gasteiger partial charge in [-0.1, -0.05) is 24.3 Å². The summed E-state index contributed by atoms with van der Waals surface area (Å²) in [4.78, 5) is 2.62. The zero-order valence-corrected chi connectivity index (χ0v) is 11.1. The molecule has 0 atom stereocenters. The van der Waals surface area contributed by atoms with Crippen LogP contribution in [0.1, 0.15) is 30.4 Å². The van der Waals surface area contributed by atoms with Gasteiger partial charge < -0.3 is 4.74 Å². The summed E-state index contributed by atoms with van der Waals surface area (Å²) in [5.41, 5.74) is 3.09. The van der Waals surface area contributed by atoms with Crippen molar-refractivity contribution in [3.05, 3.63) is 35.4 Å². The fourth-order valence-corrected chi connectivity index (χ4v) is 3.15. The molecule has 3 rings (SSSR count). The summed E-state index contributed by atoms with van der Waals surface area (Å²) >= 11 is 0. The van der Waals surface area contributed by atoms with E-state index in [2.05, 4.69) is 29.2 Å². The Morgan fingerprint density at radius 1 is 1.11 bits per heavy atom. The van der Waals surface area contributed by atoms with E-state index in [1.807, 2.05) is 0 Å². The molecule has 0 aromatic heterocycles. The van der Waals surface area contributed by atoms with Crippen LogP contribution in [0.2, 0.25) is 0 Å². The van der Waals surface area contributed by atoms with Gasteiger partial charge >= 0.3 is 0 Å². The molecule has 1 aromatic carbocycles. The van der Waals surface area contributed by atoms with Crippen LogP contribution in [0.25, 0.3) is 0 Å². The highest BCUT2D eigenvalue weighted by Gasteiger charge is 2.18. The van der Waals surface area contributed by atoms with E-state index < -0.39 is 0 Å². The van der Waals surface area contributed by atoms with Crippen LogP contribution in [0.3, 0.4) is 0 Å². The molecule has 0 bridgehead atoms. The number of nitrogens with zero attached hydrogens (tertiary/aromatic N) is 1. The minimum atomic E-state index is 0.899. The van der Waals surface area contributed by atoms with Gasteiger partial charge in [0.05, 0.1) is 0 Å². The molecule has 0 amide bonds. The van der Waals surface area contributed by atoms with Crippen LogP contribution in [0.15, 0.2) is 24.3 Å². The van der Waals surface area contributed by atoms with Crippen molar-refractivity contribution in [1.29, 1.82) is 0 Å². The summed E-state index contributed by atoms with van der Waals surface area (Å²) in [6.45, 7) is 5.61. The minimum Gasteiger partial charge on any atom is -0.381 e. The fourth-order valence-electron chi connectivity index (χ4n) is 3.15. The predicted octanol–water partition coefficient (Wildman–Crippen LogP) is 2.86. The highest BCUT2D eigenvalue weighted by atomic mass is 16.5. The Balaban J connectivity index is 1.50. The van der Waals surface area contributed by atoms with E-state index in [-0.39, 0.29) is 0 Å². The lowest BCUT2D eigenvalue weighted by Gasteiger charge is -2.31. The quantitative estimate of drug-likeness (QED) is 0.812. The molecule has 2 nitrogen and oxygen atoms in total. The van der Waals surface area contributed by atoms with Gasteiger partial charge in [-0.2, -0.15) is 0 Å². The summed E-state index contributed by atoms with van der Waals surface area (Å²) in [6.07, 6.45) is 5.12. The molecule has 0 spiro atoms. The van der Waals surface area contributed by atoms with E-state index in [4.69, 9.17) is 4.74 Å². The first-order chi connectivity index (χ1) is 8.92. The van der Waals surface area contributed by atoms with Crippen molar-refractivity contribution >= 4 is 0 Å². The Morgan fingerprint density at radius 2 is 1.89 bits per heavy atom. The van der Waals surface area contributed by atoms with Crippen LogP contribution in [0.4, 0.5) is 0 Å². The minimum absolute atomic E-state index is 0.899. The Labute approximate surface area is 110 Å². The lowest BCUT2D eigenvalue weighted by atomic mass is 9.95. The molecular formula is C16H23NO. The molecule has 2 heteroatoms. The summed E-state index contributed by atoms with van der Waals surface area (Å²) in [7, 11) is 0. The molecule has 2 aliphatic heterocycles. The number of fused-ring (bicyclic) bond motifs is 1. The Bertz CT molecular complexity index is 384. The molecule has 0 saturated carbocycles. The first-order valence-electron chi connectivity index (χ1n) is 7.29. The molecule has 1 saturated heterocycles. The van der Waals surface area contributed by atoms with E-state index in [1.165, 1.54) is 44.3 Å². The van der Waals surface area contributed by atoms with Crippen LogP contribution in [0.5, 0.6) is 0 Å². The highest BCUT2D eigenvalue weighted by molar-refractivity contribution is 5.28. The first kappa shape index (κ1) is 12.2. The second-order valence-corrected chi connectivity index (χ2v) is 5.64. The molecule has 98 valence electrons. The average molecular weight is 245 g/mol. The van der Waals surface area contributed by atoms with Crippen LogP contribution in [-0.4, -0.2) is 31.2 Å². The normalized spacial score (nSPS) is 21.8. The van der Waals surface area contributed by atoms with Crippen molar-refractivity contribution < 1.29 is 4.74 Å². The van der Waals surface area contributed by atoms with Gasteiger partial charge in [0.25, 0.3) is 0 Å². The molecule has 0 N–H and O–H groups in total. The lowest BCUT2D eigenvalue weighted by Crippen LogP contribution is -2.32. The number of hydrogen-bond acceptors (Lipinski definition) is 2. The summed E-state index contributed by atoms with van der Waals surface area (Å²) in [6, 6.07) is 8.90. The molecule has 2 heterocycles. The third-order valence-electron chi connectivity index (χ3n) is 4.40. The van der Waals surface area contributed by atoms with E-state index in [9.17, 15) is 0 Å². The first-order valence-corrected chi connectivity index (χ1v) is 7.29. The largest absolute Gasteiger partial charge is 0.381 e. The molecule has 1 fully saturated rings. The van der Waals surface area contributed by atoms with Crippen LogP contribution < -0.4 is 0 Å². The predicted molar refractivity (Wildman–Crippen MR) is 73.6 cm³/mol. The van der Waals surface area contributed by atoms with Crippen molar-refractivity contribution in [3.63, 3.8) is 0 Å². The van der Waals surface area contributed by atoms with Gasteiger partial charge in [-0.25, -0.2) is 0 Å². The van der Waals surface area contributed by atoms with Crippen molar-refractivity contribution in [3.8, 4) is 0 Å². The molecule has 0 radical (unpaired) electrons. The zero-order valence-electron chi connectivity index (χ0n) is 11.1. The summed E-state index contributed by atoms with van der Waals surface area (Å²) in [5.74, 6) is 0.899. The standard InChI is InChI=1S/C16H23NO/c1-2-4-16-13-17(10-6-15(16)3-1)9-5-14-7-11-18-12-8-14/h1-4,14H,5-13H2. The Kier molecular flexibility index (Phi) is 3.96. The third kappa shape index (κ3) is 2.93. The monoisotopic (exact) mass is 245 g/mol. The SMILES string of the molecule is c1ccc2c(c1)CCN(CCC1CCOCC1)C2. The molecule has 0 aliphatic carbocycles. The van der Waals surface area contributed by atoms with Crippen LogP contribution >= 0.6 is 0 Å². The number of hydrogen-bond donors (Lipinski definition) is 0. The van der Waals surface area contributed by atoms with E-state index >= 15 is 0 Å². The molecule has 0 unspecified atom stereocenters. The maximum absolute atomic E-state index is 5.42. The fraction of sp³-hybridized carbons (Fsp3) is 0.625. The topological polar surface area (TPSA) is 12.5 Å². The Morgan fingerprint density at radius 3 is 2.72 bits per heavy atom. The maximum atomic E-state index is 5.42. The molecule has 1 aromatic rings. The molecule has 18 heavy (non-hydrogen) atoms. The summed E-state index contributed by atoms with van der Waals surface area (Å²) < 4.78 is 5.42. The molecular weight excluding hydrogens is 222 g/mol. The van der Waals surface area contributed by atoms with Crippen LogP contribution in [0, 0.1) is 5.92 Å². The number of ether oxygens (including phenoxy) is 1. The van der Waals surface area contributed by atoms with Crippen LogP contribution in [-0.2, 0) is 17.7 Å². The smallest absolute Gasteiger partial charge is 0.0468 e. The van der Waals surface area contributed by atoms with E-state index in [0.29, 0.717) is 0 Å². The second kappa shape index (κ2) is 5.85. The average Bonchev–Trinajstić information content (AvgIpc) is 2.46. The zero-order chi connectivity index (χ0) is 12.2. The van der Waals surface area contributed by atoms with Gasteiger partial charge in [0, 0.05) is 26.3 Å². The number of benzene rings is 1. The van der Waals surface area contributed by atoms with Crippen molar-refractivity contribution in [2.75, 3.05) is 26.3 Å². The third-order valence-corrected chi connectivity index (χ3v) is 4.40.